The molecule has 5 heterocycles. The second-order valence-corrected chi connectivity index (χ2v) is 10.4. The molecule has 0 radical (unpaired) electrons. The van der Waals surface area contributed by atoms with Gasteiger partial charge in [-0.05, 0) is 56.7 Å². The summed E-state index contributed by atoms with van der Waals surface area (Å²) < 4.78 is 21.1. The van der Waals surface area contributed by atoms with Crippen LogP contribution in [0.25, 0.3) is 22.2 Å². The highest BCUT2D eigenvalue weighted by Gasteiger charge is 2.48. The van der Waals surface area contributed by atoms with Crippen LogP contribution in [0, 0.1) is 0 Å². The molecule has 1 aromatic carbocycles. The van der Waals surface area contributed by atoms with Crippen molar-refractivity contribution in [3.8, 4) is 17.0 Å². The van der Waals surface area contributed by atoms with Gasteiger partial charge in [0.05, 0.1) is 24.1 Å². The molecule has 1 aliphatic carbocycles. The molecule has 1 amide bonds. The van der Waals surface area contributed by atoms with Gasteiger partial charge in [-0.25, -0.2) is 9.37 Å². The number of anilines is 1. The molecule has 182 valence electrons. The first kappa shape index (κ1) is 21.1. The van der Waals surface area contributed by atoms with Crippen LogP contribution in [-0.4, -0.2) is 69.3 Å². The van der Waals surface area contributed by atoms with Crippen LogP contribution in [0.2, 0.25) is 0 Å². The molecule has 35 heavy (non-hydrogen) atoms. The molecule has 3 aliphatic heterocycles. The Hall–Kier alpha value is -3.20. The number of aromatic nitrogens is 2. The smallest absolute Gasteiger partial charge is 0.289 e. The minimum atomic E-state index is -0.922. The standard InChI is InChI=1S/C26H28FN5O3/c27-25-18-5-2-15(30-18)10-20(25)32(16-3-4-16)24-13-28-19(12-29-24)17-11-22-14(8-21(17)33)9-23(35-22)26(34)31-6-1-7-31/h8-9,11-13,15-16,18,20,25,30,33H,1-7,10H2/t15-,18+,20-,25+/m1/s1. The van der Waals surface area contributed by atoms with E-state index in [1.165, 1.54) is 0 Å². The van der Waals surface area contributed by atoms with Gasteiger partial charge in [-0.1, -0.05) is 0 Å². The maximum Gasteiger partial charge on any atom is 0.289 e. The lowest BCUT2D eigenvalue weighted by Gasteiger charge is -2.41. The number of hydrogen-bond donors (Lipinski definition) is 2. The Bertz CT molecular complexity index is 1290. The number of amides is 1. The lowest BCUT2D eigenvalue weighted by molar-refractivity contribution is 0.0621. The molecular weight excluding hydrogens is 449 g/mol. The van der Waals surface area contributed by atoms with Crippen LogP contribution in [0.5, 0.6) is 5.75 Å². The summed E-state index contributed by atoms with van der Waals surface area (Å²) in [5.74, 6) is 0.872. The zero-order valence-corrected chi connectivity index (χ0v) is 19.4. The molecule has 0 unspecified atom stereocenters. The average molecular weight is 478 g/mol. The van der Waals surface area contributed by atoms with Gasteiger partial charge in [0, 0.05) is 42.2 Å². The molecule has 4 atom stereocenters. The first-order valence-electron chi connectivity index (χ1n) is 12.6. The molecule has 9 heteroatoms. The summed E-state index contributed by atoms with van der Waals surface area (Å²) in [6, 6.07) is 5.39. The van der Waals surface area contributed by atoms with Crippen LogP contribution in [0.15, 0.2) is 35.0 Å². The maximum atomic E-state index is 15.3. The van der Waals surface area contributed by atoms with E-state index in [-0.39, 0.29) is 29.5 Å². The van der Waals surface area contributed by atoms with Crippen LogP contribution in [-0.2, 0) is 0 Å². The molecule has 1 saturated carbocycles. The Morgan fingerprint density at radius 1 is 1.14 bits per heavy atom. The average Bonchev–Trinajstić information content (AvgIpc) is 3.43. The second kappa shape index (κ2) is 7.91. The van der Waals surface area contributed by atoms with E-state index >= 15 is 4.39 Å². The van der Waals surface area contributed by atoms with Gasteiger partial charge in [-0.2, -0.15) is 0 Å². The number of nitrogens with one attached hydrogen (secondary N) is 1. The Balaban J connectivity index is 1.17. The number of aromatic hydroxyl groups is 1. The quantitative estimate of drug-likeness (QED) is 0.579. The summed E-state index contributed by atoms with van der Waals surface area (Å²) in [6.45, 7) is 1.49. The number of furan rings is 1. The van der Waals surface area contributed by atoms with Crippen molar-refractivity contribution < 1.29 is 18.7 Å². The summed E-state index contributed by atoms with van der Waals surface area (Å²) in [6.07, 6.45) is 8.21. The highest BCUT2D eigenvalue weighted by Crippen LogP contribution is 2.40. The van der Waals surface area contributed by atoms with Gasteiger partial charge < -0.3 is 24.6 Å². The van der Waals surface area contributed by atoms with Crippen molar-refractivity contribution in [3.05, 3.63) is 36.4 Å². The van der Waals surface area contributed by atoms with E-state index in [1.807, 2.05) is 0 Å². The highest BCUT2D eigenvalue weighted by molar-refractivity contribution is 5.97. The number of fused-ring (bicyclic) bond motifs is 3. The van der Waals surface area contributed by atoms with E-state index in [0.717, 1.165) is 51.6 Å². The second-order valence-electron chi connectivity index (χ2n) is 10.4. The van der Waals surface area contributed by atoms with E-state index in [0.29, 0.717) is 40.1 Å². The first-order chi connectivity index (χ1) is 17.0. The van der Waals surface area contributed by atoms with Crippen LogP contribution >= 0.6 is 0 Å². The first-order valence-corrected chi connectivity index (χ1v) is 12.6. The number of phenols is 1. The largest absolute Gasteiger partial charge is 0.507 e. The van der Waals surface area contributed by atoms with Crippen molar-refractivity contribution in [3.63, 3.8) is 0 Å². The summed E-state index contributed by atoms with van der Waals surface area (Å²) in [5.41, 5.74) is 1.49. The number of halogens is 1. The van der Waals surface area contributed by atoms with Gasteiger partial charge in [-0.3, -0.25) is 9.78 Å². The normalized spacial score (nSPS) is 27.7. The van der Waals surface area contributed by atoms with Gasteiger partial charge >= 0.3 is 0 Å². The fraction of sp³-hybridized carbons (Fsp3) is 0.500. The fourth-order valence-corrected chi connectivity index (χ4v) is 5.88. The topological polar surface area (TPSA) is 94.7 Å². The Morgan fingerprint density at radius 2 is 2.00 bits per heavy atom. The molecule has 4 aliphatic rings. The van der Waals surface area contributed by atoms with Gasteiger partial charge in [0.1, 0.15) is 23.3 Å². The third kappa shape index (κ3) is 3.55. The minimum Gasteiger partial charge on any atom is -0.507 e. The van der Waals surface area contributed by atoms with Crippen LogP contribution < -0.4 is 10.2 Å². The van der Waals surface area contributed by atoms with Crippen molar-refractivity contribution in [2.45, 2.75) is 68.9 Å². The van der Waals surface area contributed by atoms with Crippen LogP contribution in [0.4, 0.5) is 10.2 Å². The Morgan fingerprint density at radius 3 is 2.71 bits per heavy atom. The number of phenolic OH excluding ortho intramolecular Hbond substituents is 1. The minimum absolute atomic E-state index is 0.0427. The van der Waals surface area contributed by atoms with E-state index in [1.54, 1.807) is 35.5 Å². The van der Waals surface area contributed by atoms with Gasteiger partial charge in [0.15, 0.2) is 5.76 Å². The van der Waals surface area contributed by atoms with Gasteiger partial charge in [0.25, 0.3) is 5.91 Å². The predicted molar refractivity (Wildman–Crippen MR) is 128 cm³/mol. The van der Waals surface area contributed by atoms with Gasteiger partial charge in [-0.15, -0.1) is 0 Å². The van der Waals surface area contributed by atoms with Crippen molar-refractivity contribution in [2.75, 3.05) is 18.0 Å². The fourth-order valence-electron chi connectivity index (χ4n) is 5.88. The number of benzene rings is 1. The lowest BCUT2D eigenvalue weighted by atomic mass is 9.96. The number of rotatable bonds is 5. The third-order valence-electron chi connectivity index (χ3n) is 8.02. The van der Waals surface area contributed by atoms with Gasteiger partial charge in [0.2, 0.25) is 0 Å². The molecule has 4 fully saturated rings. The number of piperidine rings is 1. The molecule has 2 bridgehead atoms. The van der Waals surface area contributed by atoms with Crippen LogP contribution in [0.1, 0.15) is 49.1 Å². The SMILES string of the molecule is O=C(c1cc2cc(O)c(-c3cnc(N(C4CC4)[C@@H]4C[C@H]5CC[C@H](N5)[C@@H]4F)cn3)cc2o1)N1CCC1. The molecule has 3 aromatic rings. The van der Waals surface area contributed by atoms with E-state index < -0.39 is 6.17 Å². The molecular formula is C26H28FN5O3. The molecule has 2 aromatic heterocycles. The zero-order chi connectivity index (χ0) is 23.7. The third-order valence-corrected chi connectivity index (χ3v) is 8.02. The van der Waals surface area contributed by atoms with Crippen molar-refractivity contribution in [1.82, 2.24) is 20.2 Å². The number of carbonyl (C=O) groups excluding carboxylic acids is 1. The number of nitrogens with zero attached hydrogens (tertiary/aromatic N) is 4. The predicted octanol–water partition coefficient (Wildman–Crippen LogP) is 3.64. The number of hydrogen-bond acceptors (Lipinski definition) is 7. The van der Waals surface area contributed by atoms with E-state index in [9.17, 15) is 9.90 Å². The molecule has 0 spiro atoms. The van der Waals surface area contributed by atoms with Crippen molar-refractivity contribution >= 4 is 22.7 Å². The zero-order valence-electron chi connectivity index (χ0n) is 19.4. The number of alkyl halides is 1. The van der Waals surface area contributed by atoms with E-state index in [4.69, 9.17) is 4.42 Å². The summed E-state index contributed by atoms with van der Waals surface area (Å²) >= 11 is 0. The summed E-state index contributed by atoms with van der Waals surface area (Å²) in [5, 5.41) is 14.8. The van der Waals surface area contributed by atoms with E-state index in [2.05, 4.69) is 20.2 Å². The molecule has 2 N–H and O–H groups in total. The monoisotopic (exact) mass is 477 g/mol. The summed E-state index contributed by atoms with van der Waals surface area (Å²) in [7, 11) is 0. The maximum absolute atomic E-state index is 15.3. The van der Waals surface area contributed by atoms with Crippen molar-refractivity contribution in [1.29, 1.82) is 0 Å². The van der Waals surface area contributed by atoms with Crippen molar-refractivity contribution in [2.24, 2.45) is 0 Å². The number of carbonyl (C=O) groups is 1. The molecule has 8 nitrogen and oxygen atoms in total. The number of likely N-dealkylation sites (tertiary alicyclic amines) is 1. The van der Waals surface area contributed by atoms with Crippen LogP contribution in [0.3, 0.4) is 0 Å². The molecule has 3 saturated heterocycles. The lowest BCUT2D eigenvalue weighted by Crippen LogP contribution is -2.57. The Labute approximate surface area is 202 Å². The highest BCUT2D eigenvalue weighted by atomic mass is 19.1. The summed E-state index contributed by atoms with van der Waals surface area (Å²) in [4.78, 5) is 25.7. The Kier molecular flexibility index (Phi) is 4.77. The molecule has 7 rings (SSSR count).